The Labute approximate surface area is 346 Å². The second kappa shape index (κ2) is 26.5. The Balaban J connectivity index is 0.000000371. The molecule has 0 bridgehead atoms. The van der Waals surface area contributed by atoms with Crippen LogP contribution in [0.25, 0.3) is 0 Å². The molecule has 2 atom stereocenters. The Morgan fingerprint density at radius 2 is 1.14 bits per heavy atom. The number of benzene rings is 4. The van der Waals surface area contributed by atoms with Crippen molar-refractivity contribution in [2.75, 3.05) is 0 Å². The SMILES string of the molecule is CCC(C(C)O)C(C)O.CCCCc1ccc(C(=O)OOP(=O)(Oc2ccc(C)cc2)Oc2ccc(C)cc2)cc1.CCCCc1cccc(C(=O)O)c1CCCC. The predicted octanol–water partition coefficient (Wildman–Crippen LogP) is 11.8. The number of aromatic carboxylic acids is 1. The van der Waals surface area contributed by atoms with Gasteiger partial charge in [-0.25, -0.2) is 14.2 Å². The molecule has 0 spiro atoms. The number of aryl methyl sites for hydroxylation is 4. The first-order valence-electron chi connectivity index (χ1n) is 20.5. The molecular weight excluding hydrogens is 755 g/mol. The Morgan fingerprint density at radius 1 is 0.655 bits per heavy atom. The number of carboxylic acids is 1. The Morgan fingerprint density at radius 3 is 1.57 bits per heavy atom. The first-order chi connectivity index (χ1) is 27.7. The Hall–Kier alpha value is -4.47. The molecule has 2 unspecified atom stereocenters. The van der Waals surface area contributed by atoms with E-state index in [4.69, 9.17) is 28.8 Å². The van der Waals surface area contributed by atoms with E-state index < -0.39 is 32.0 Å². The summed E-state index contributed by atoms with van der Waals surface area (Å²) in [6, 6.07) is 26.3. The van der Waals surface area contributed by atoms with Crippen LogP contribution in [0.3, 0.4) is 0 Å². The molecule has 0 fully saturated rings. The van der Waals surface area contributed by atoms with E-state index in [0.717, 1.165) is 86.5 Å². The molecule has 10 nitrogen and oxygen atoms in total. The number of carbonyl (C=O) groups is 2. The van der Waals surface area contributed by atoms with Gasteiger partial charge in [0.15, 0.2) is 0 Å². The van der Waals surface area contributed by atoms with Crippen LogP contribution in [0.1, 0.15) is 135 Å². The van der Waals surface area contributed by atoms with E-state index in [1.54, 1.807) is 80.6 Å². The fraction of sp³-hybridized carbons (Fsp3) is 0.447. The highest BCUT2D eigenvalue weighted by molar-refractivity contribution is 7.49. The predicted molar refractivity (Wildman–Crippen MR) is 231 cm³/mol. The number of phosphoric ester groups is 1. The lowest BCUT2D eigenvalue weighted by Crippen LogP contribution is -2.26. The Bertz CT molecular complexity index is 1760. The summed E-state index contributed by atoms with van der Waals surface area (Å²) in [5, 5.41) is 27.3. The summed E-state index contributed by atoms with van der Waals surface area (Å²) in [6.07, 6.45) is 9.45. The minimum atomic E-state index is -4.34. The lowest BCUT2D eigenvalue weighted by atomic mass is 9.93. The monoisotopic (exact) mass is 820 g/mol. The zero-order valence-corrected chi connectivity index (χ0v) is 36.5. The number of phosphoric acid groups is 1. The van der Waals surface area contributed by atoms with Crippen LogP contribution < -0.4 is 9.05 Å². The highest BCUT2D eigenvalue weighted by Crippen LogP contribution is 2.50. The van der Waals surface area contributed by atoms with Crippen LogP contribution in [0.4, 0.5) is 0 Å². The van der Waals surface area contributed by atoms with Gasteiger partial charge in [0.05, 0.1) is 23.3 Å². The fourth-order valence-corrected chi connectivity index (χ4v) is 7.01. The van der Waals surface area contributed by atoms with Crippen LogP contribution in [-0.4, -0.2) is 39.5 Å². The van der Waals surface area contributed by atoms with Crippen molar-refractivity contribution in [2.45, 2.75) is 132 Å². The molecule has 0 aliphatic heterocycles. The lowest BCUT2D eigenvalue weighted by Gasteiger charge is -2.20. The standard InChI is InChI=1S/C25H27O6P.C15H22O2.C7H16O2/c1-4-5-6-21-11-13-22(14-12-21)25(26)28-31-32(27,29-23-15-7-19(2)8-16-23)30-24-17-9-20(3)10-18-24;1-3-5-8-12-9-7-11-14(15(16)17)13(12)10-6-4-2;1-4-7(5(2)8)6(3)9/h7-18H,4-6H2,1-3H3;7,9,11H,3-6,8,10H2,1-2H3,(H,16,17);5-9H,4H2,1-3H3. The normalized spacial score (nSPS) is 12.4. The smallest absolute Gasteiger partial charge is 0.478 e. The van der Waals surface area contributed by atoms with E-state index in [2.05, 4.69) is 26.8 Å². The summed E-state index contributed by atoms with van der Waals surface area (Å²) in [4.78, 5) is 28.5. The van der Waals surface area contributed by atoms with Crippen LogP contribution in [0, 0.1) is 19.8 Å². The fourth-order valence-electron chi connectivity index (χ4n) is 5.99. The second-order valence-electron chi connectivity index (χ2n) is 14.5. The van der Waals surface area contributed by atoms with E-state index in [9.17, 15) is 19.3 Å². The van der Waals surface area contributed by atoms with Crippen LogP contribution in [0.5, 0.6) is 11.5 Å². The van der Waals surface area contributed by atoms with Crippen LogP contribution in [-0.2, 0) is 33.4 Å². The average Bonchev–Trinajstić information content (AvgIpc) is 3.20. The van der Waals surface area contributed by atoms with Gasteiger partial charge in [0.1, 0.15) is 11.5 Å². The molecule has 4 aromatic rings. The Kier molecular flexibility index (Phi) is 22.7. The van der Waals surface area contributed by atoms with Gasteiger partial charge in [-0.15, -0.1) is 0 Å². The van der Waals surface area contributed by atoms with Crippen molar-refractivity contribution in [1.82, 2.24) is 0 Å². The molecule has 11 heteroatoms. The number of unbranched alkanes of at least 4 members (excludes halogenated alkanes) is 3. The third kappa shape index (κ3) is 18.0. The molecule has 0 radical (unpaired) electrons. The highest BCUT2D eigenvalue weighted by atomic mass is 31.2. The maximum atomic E-state index is 13.3. The van der Waals surface area contributed by atoms with Gasteiger partial charge >= 0.3 is 19.8 Å². The summed E-state index contributed by atoms with van der Waals surface area (Å²) in [7, 11) is -4.34. The summed E-state index contributed by atoms with van der Waals surface area (Å²) < 4.78 is 29.2. The van der Waals surface area contributed by atoms with Gasteiger partial charge in [0.2, 0.25) is 0 Å². The zero-order valence-electron chi connectivity index (χ0n) is 35.6. The third-order valence-corrected chi connectivity index (χ3v) is 10.6. The number of aliphatic hydroxyl groups is 2. The van der Waals surface area contributed by atoms with Gasteiger partial charge in [0, 0.05) is 5.92 Å². The highest BCUT2D eigenvalue weighted by Gasteiger charge is 2.35. The first-order valence-corrected chi connectivity index (χ1v) is 21.9. The molecule has 4 aromatic carbocycles. The minimum absolute atomic E-state index is 0.0324. The third-order valence-electron chi connectivity index (χ3n) is 9.48. The molecule has 0 aromatic heterocycles. The zero-order chi connectivity index (χ0) is 43.1. The van der Waals surface area contributed by atoms with Gasteiger partial charge in [-0.3, -0.25) is 4.89 Å². The number of rotatable bonds is 20. The van der Waals surface area contributed by atoms with Gasteiger partial charge in [-0.1, -0.05) is 107 Å². The van der Waals surface area contributed by atoms with Crippen molar-refractivity contribution in [3.63, 3.8) is 0 Å². The summed E-state index contributed by atoms with van der Waals surface area (Å²) >= 11 is 0. The number of carboxylic acid groups (broad SMARTS) is 1. The van der Waals surface area contributed by atoms with E-state index in [-0.39, 0.29) is 23.0 Å². The number of hydrogen-bond donors (Lipinski definition) is 3. The largest absolute Gasteiger partial charge is 0.625 e. The van der Waals surface area contributed by atoms with E-state index in [1.807, 2.05) is 39.0 Å². The molecule has 0 heterocycles. The number of aliphatic hydroxyl groups excluding tert-OH is 2. The van der Waals surface area contributed by atoms with E-state index in [0.29, 0.717) is 5.56 Å². The molecule has 0 saturated carbocycles. The molecular formula is C47H65O10P. The quantitative estimate of drug-likeness (QED) is 0.0447. The number of hydrogen-bond acceptors (Lipinski definition) is 9. The maximum absolute atomic E-state index is 13.3. The average molecular weight is 821 g/mol. The molecule has 0 saturated heterocycles. The van der Waals surface area contributed by atoms with Crippen LogP contribution >= 0.6 is 7.82 Å². The second-order valence-corrected chi connectivity index (χ2v) is 15.9. The molecule has 58 heavy (non-hydrogen) atoms. The molecule has 318 valence electrons. The topological polar surface area (TPSA) is 149 Å². The summed E-state index contributed by atoms with van der Waals surface area (Å²) in [5.41, 5.74) is 6.16. The van der Waals surface area contributed by atoms with Crippen molar-refractivity contribution in [2.24, 2.45) is 5.92 Å². The van der Waals surface area contributed by atoms with Crippen molar-refractivity contribution in [1.29, 1.82) is 0 Å². The summed E-state index contributed by atoms with van der Waals surface area (Å²) in [5.74, 6) is -1.06. The maximum Gasteiger partial charge on any atom is 0.625 e. The minimum Gasteiger partial charge on any atom is -0.478 e. The van der Waals surface area contributed by atoms with Crippen molar-refractivity contribution >= 4 is 19.8 Å². The van der Waals surface area contributed by atoms with Gasteiger partial charge in [-0.05, 0) is 136 Å². The molecule has 3 N–H and O–H groups in total. The van der Waals surface area contributed by atoms with Gasteiger partial charge in [-0.2, -0.15) is 0 Å². The van der Waals surface area contributed by atoms with Gasteiger partial charge < -0.3 is 24.4 Å². The van der Waals surface area contributed by atoms with Crippen molar-refractivity contribution in [3.05, 3.63) is 130 Å². The van der Waals surface area contributed by atoms with Gasteiger partial charge in [0.25, 0.3) is 0 Å². The van der Waals surface area contributed by atoms with Crippen LogP contribution in [0.15, 0.2) is 91.0 Å². The number of carbonyl (C=O) groups excluding carboxylic acids is 1. The first kappa shape index (κ1) is 49.7. The van der Waals surface area contributed by atoms with E-state index in [1.165, 1.54) is 5.56 Å². The molecule has 0 aliphatic carbocycles. The molecule has 0 amide bonds. The molecule has 4 rings (SSSR count). The van der Waals surface area contributed by atoms with Crippen molar-refractivity contribution in [3.8, 4) is 11.5 Å². The summed E-state index contributed by atoms with van der Waals surface area (Å²) in [6.45, 7) is 15.6. The van der Waals surface area contributed by atoms with Crippen molar-refractivity contribution < 1.29 is 48.1 Å². The lowest BCUT2D eigenvalue weighted by molar-refractivity contribution is -0.163. The molecule has 0 aliphatic rings. The van der Waals surface area contributed by atoms with E-state index >= 15 is 0 Å². The van der Waals surface area contributed by atoms with Crippen LogP contribution in [0.2, 0.25) is 0 Å².